The van der Waals surface area contributed by atoms with E-state index < -0.39 is 10.0 Å². The van der Waals surface area contributed by atoms with Crippen LogP contribution in [0.4, 0.5) is 5.82 Å². The lowest BCUT2D eigenvalue weighted by Gasteiger charge is -2.11. The fourth-order valence-electron chi connectivity index (χ4n) is 1.52. The van der Waals surface area contributed by atoms with Crippen molar-refractivity contribution in [3.63, 3.8) is 0 Å². The molecule has 0 aliphatic carbocycles. The van der Waals surface area contributed by atoms with Gasteiger partial charge in [0.25, 0.3) is 10.0 Å². The van der Waals surface area contributed by atoms with Gasteiger partial charge in [-0.3, -0.25) is 4.72 Å². The van der Waals surface area contributed by atoms with Crippen molar-refractivity contribution < 1.29 is 8.42 Å². The highest BCUT2D eigenvalue weighted by molar-refractivity contribution is 9.10. The zero-order valence-corrected chi connectivity index (χ0v) is 14.9. The van der Waals surface area contributed by atoms with Gasteiger partial charge in [-0.2, -0.15) is 0 Å². The van der Waals surface area contributed by atoms with E-state index in [0.717, 1.165) is 4.47 Å². The van der Waals surface area contributed by atoms with Gasteiger partial charge >= 0.3 is 0 Å². The predicted molar refractivity (Wildman–Crippen MR) is 86.6 cm³/mol. The molecule has 1 N–H and O–H groups in total. The monoisotopic (exact) mass is 438 g/mol. The summed E-state index contributed by atoms with van der Waals surface area (Å²) in [6.45, 7) is 1.76. The molecule has 0 spiro atoms. The Hall–Kier alpha value is -0.630. The summed E-state index contributed by atoms with van der Waals surface area (Å²) in [5, 5.41) is 0.140. The largest absolute Gasteiger partial charge is 0.264 e. The van der Waals surface area contributed by atoms with Crippen molar-refractivity contribution >= 4 is 59.3 Å². The number of halogens is 3. The molecule has 106 valence electrons. The van der Waals surface area contributed by atoms with Crippen molar-refractivity contribution in [1.29, 1.82) is 0 Å². The molecule has 2 aromatic rings. The summed E-state index contributed by atoms with van der Waals surface area (Å²) in [4.78, 5) is 4.05. The van der Waals surface area contributed by atoms with Crippen LogP contribution in [-0.2, 0) is 10.0 Å². The molecular weight excluding hydrogens is 431 g/mol. The van der Waals surface area contributed by atoms with Crippen LogP contribution in [0.3, 0.4) is 0 Å². The number of nitrogens with one attached hydrogen (secondary N) is 1. The third-order valence-electron chi connectivity index (χ3n) is 2.46. The van der Waals surface area contributed by atoms with E-state index in [1.54, 1.807) is 19.1 Å². The summed E-state index contributed by atoms with van der Waals surface area (Å²) in [7, 11) is -3.78. The molecule has 0 aliphatic rings. The Kier molecular flexibility index (Phi) is 4.73. The standard InChI is InChI=1S/C12H9Br2ClN2O2S/c1-7-4-9(14)6-16-12(7)17-20(18,19)11-3-2-8(13)5-10(11)15/h2-6H,1H3,(H,16,17). The first-order valence-corrected chi connectivity index (χ1v) is 8.84. The summed E-state index contributed by atoms with van der Waals surface area (Å²) in [5.74, 6) is 0.271. The summed E-state index contributed by atoms with van der Waals surface area (Å²) < 4.78 is 28.5. The van der Waals surface area contributed by atoms with E-state index in [1.165, 1.54) is 18.3 Å². The first kappa shape index (κ1) is 15.8. The third kappa shape index (κ3) is 3.52. The second-order valence-electron chi connectivity index (χ2n) is 4.00. The van der Waals surface area contributed by atoms with E-state index in [1.807, 2.05) is 0 Å². The number of aryl methyl sites for hydroxylation is 1. The number of hydrogen-bond acceptors (Lipinski definition) is 3. The van der Waals surface area contributed by atoms with Gasteiger partial charge < -0.3 is 0 Å². The Labute approximate surface area is 138 Å². The molecule has 1 aromatic carbocycles. The molecule has 0 saturated heterocycles. The molecule has 2 rings (SSSR count). The molecule has 0 radical (unpaired) electrons. The highest BCUT2D eigenvalue weighted by Crippen LogP contribution is 2.27. The molecule has 20 heavy (non-hydrogen) atoms. The van der Waals surface area contributed by atoms with E-state index in [9.17, 15) is 8.42 Å². The Morgan fingerprint density at radius 1 is 1.20 bits per heavy atom. The Morgan fingerprint density at radius 2 is 1.90 bits per heavy atom. The molecule has 1 heterocycles. The minimum atomic E-state index is -3.78. The van der Waals surface area contributed by atoms with Crippen LogP contribution in [0.15, 0.2) is 44.3 Å². The molecule has 0 saturated carbocycles. The van der Waals surface area contributed by atoms with Crippen molar-refractivity contribution in [1.82, 2.24) is 4.98 Å². The fourth-order valence-corrected chi connectivity index (χ4v) is 4.09. The summed E-state index contributed by atoms with van der Waals surface area (Å²) >= 11 is 12.5. The van der Waals surface area contributed by atoms with Gasteiger partial charge in [0.1, 0.15) is 10.7 Å². The molecule has 0 aliphatic heterocycles. The lowest BCUT2D eigenvalue weighted by molar-refractivity contribution is 0.601. The first-order valence-electron chi connectivity index (χ1n) is 5.39. The average molecular weight is 441 g/mol. The topological polar surface area (TPSA) is 59.1 Å². The van der Waals surface area contributed by atoms with Crippen molar-refractivity contribution in [2.75, 3.05) is 4.72 Å². The molecule has 4 nitrogen and oxygen atoms in total. The maximum atomic E-state index is 12.3. The van der Waals surface area contributed by atoms with Gasteiger partial charge in [0.15, 0.2) is 0 Å². The van der Waals surface area contributed by atoms with Gasteiger partial charge in [-0.05, 0) is 52.7 Å². The second kappa shape index (κ2) is 6.01. The smallest absolute Gasteiger partial charge is 0.263 e. The van der Waals surface area contributed by atoms with Crippen LogP contribution in [-0.4, -0.2) is 13.4 Å². The lowest BCUT2D eigenvalue weighted by Crippen LogP contribution is -2.15. The van der Waals surface area contributed by atoms with Crippen molar-refractivity contribution in [3.8, 4) is 0 Å². The number of benzene rings is 1. The lowest BCUT2D eigenvalue weighted by atomic mass is 10.3. The van der Waals surface area contributed by atoms with Crippen LogP contribution in [0.25, 0.3) is 0 Å². The summed E-state index contributed by atoms with van der Waals surface area (Å²) in [6, 6.07) is 6.34. The van der Waals surface area contributed by atoms with Crippen molar-refractivity contribution in [2.24, 2.45) is 0 Å². The van der Waals surface area contributed by atoms with Crippen LogP contribution >= 0.6 is 43.5 Å². The SMILES string of the molecule is Cc1cc(Br)cnc1NS(=O)(=O)c1ccc(Br)cc1Cl. The summed E-state index contributed by atoms with van der Waals surface area (Å²) in [6.07, 6.45) is 1.52. The number of nitrogens with zero attached hydrogens (tertiary/aromatic N) is 1. The van der Waals surface area contributed by atoms with Crippen LogP contribution < -0.4 is 4.72 Å². The predicted octanol–water partition coefficient (Wildman–Crippen LogP) is 4.37. The highest BCUT2D eigenvalue weighted by Gasteiger charge is 2.19. The van der Waals surface area contributed by atoms with Gasteiger partial charge in [-0.1, -0.05) is 27.5 Å². The van der Waals surface area contributed by atoms with E-state index >= 15 is 0 Å². The highest BCUT2D eigenvalue weighted by atomic mass is 79.9. The van der Waals surface area contributed by atoms with Gasteiger partial charge in [0.05, 0.1) is 5.02 Å². The van der Waals surface area contributed by atoms with Crippen LogP contribution in [0.5, 0.6) is 0 Å². The zero-order chi connectivity index (χ0) is 14.9. The molecule has 0 unspecified atom stereocenters. The fraction of sp³-hybridized carbons (Fsp3) is 0.0833. The number of anilines is 1. The number of sulfonamides is 1. The third-order valence-corrected chi connectivity index (χ3v) is 5.21. The van der Waals surface area contributed by atoms with E-state index in [-0.39, 0.29) is 15.7 Å². The summed E-state index contributed by atoms with van der Waals surface area (Å²) in [5.41, 5.74) is 0.705. The molecule has 1 aromatic heterocycles. The number of hydrogen-bond donors (Lipinski definition) is 1. The molecule has 0 atom stereocenters. The zero-order valence-electron chi connectivity index (χ0n) is 10.2. The molecule has 0 bridgehead atoms. The first-order chi connectivity index (χ1) is 9.29. The van der Waals surface area contributed by atoms with Gasteiger partial charge in [0, 0.05) is 15.1 Å². The van der Waals surface area contributed by atoms with Crippen LogP contribution in [0, 0.1) is 6.92 Å². The Morgan fingerprint density at radius 3 is 2.50 bits per heavy atom. The Bertz CT molecular complexity index is 766. The maximum absolute atomic E-state index is 12.3. The van der Waals surface area contributed by atoms with Crippen LogP contribution in [0.1, 0.15) is 5.56 Å². The van der Waals surface area contributed by atoms with E-state index in [4.69, 9.17) is 11.6 Å². The number of aromatic nitrogens is 1. The second-order valence-corrected chi connectivity index (χ2v) is 7.89. The quantitative estimate of drug-likeness (QED) is 0.771. The van der Waals surface area contributed by atoms with Crippen molar-refractivity contribution in [3.05, 3.63) is 50.0 Å². The molecule has 8 heteroatoms. The van der Waals surface area contributed by atoms with Gasteiger partial charge in [-0.15, -0.1) is 0 Å². The van der Waals surface area contributed by atoms with Gasteiger partial charge in [0.2, 0.25) is 0 Å². The van der Waals surface area contributed by atoms with E-state index in [0.29, 0.717) is 10.0 Å². The van der Waals surface area contributed by atoms with Crippen molar-refractivity contribution in [2.45, 2.75) is 11.8 Å². The average Bonchev–Trinajstić information content (AvgIpc) is 2.32. The minimum absolute atomic E-state index is 0.00601. The number of rotatable bonds is 3. The normalized spacial score (nSPS) is 11.4. The van der Waals surface area contributed by atoms with Crippen LogP contribution in [0.2, 0.25) is 5.02 Å². The minimum Gasteiger partial charge on any atom is -0.263 e. The number of pyridine rings is 1. The van der Waals surface area contributed by atoms with Gasteiger partial charge in [-0.25, -0.2) is 13.4 Å². The molecule has 0 amide bonds. The maximum Gasteiger partial charge on any atom is 0.264 e. The Balaban J connectivity index is 2.41. The molecule has 0 fully saturated rings. The van der Waals surface area contributed by atoms with E-state index in [2.05, 4.69) is 41.6 Å². The molecular formula is C12H9Br2ClN2O2S.